The Hall–Kier alpha value is -3.91. The Labute approximate surface area is 200 Å². The van der Waals surface area contributed by atoms with Crippen LogP contribution < -0.4 is 19.1 Å². The second-order valence-electron chi connectivity index (χ2n) is 7.30. The van der Waals surface area contributed by atoms with E-state index in [-0.39, 0.29) is 21.9 Å². The van der Waals surface area contributed by atoms with Crippen molar-refractivity contribution < 1.29 is 33.3 Å². The Morgan fingerprint density at radius 2 is 1.79 bits per heavy atom. The van der Waals surface area contributed by atoms with E-state index in [1.807, 2.05) is 6.92 Å². The van der Waals surface area contributed by atoms with E-state index >= 15 is 0 Å². The zero-order valence-corrected chi connectivity index (χ0v) is 19.5. The van der Waals surface area contributed by atoms with Crippen molar-refractivity contribution in [2.24, 2.45) is 0 Å². The Bertz CT molecular complexity index is 1250. The van der Waals surface area contributed by atoms with Gasteiger partial charge >= 0.3 is 0 Å². The van der Waals surface area contributed by atoms with Crippen LogP contribution in [0.5, 0.6) is 17.2 Å². The topological polar surface area (TPSA) is 98.4 Å². The molecule has 1 saturated heterocycles. The smallest absolute Gasteiger partial charge is 0.300 e. The van der Waals surface area contributed by atoms with Crippen molar-refractivity contribution in [3.63, 3.8) is 0 Å². The number of hydrogen-bond acceptors (Lipinski definition) is 7. The molecule has 0 spiro atoms. The number of aliphatic hydroxyl groups is 1. The fourth-order valence-corrected chi connectivity index (χ4v) is 4.12. The van der Waals surface area contributed by atoms with Gasteiger partial charge in [-0.2, -0.15) is 0 Å². The molecule has 0 aliphatic carbocycles. The minimum absolute atomic E-state index is 0.134. The Morgan fingerprint density at radius 3 is 2.38 bits per heavy atom. The van der Waals surface area contributed by atoms with Crippen molar-refractivity contribution in [3.05, 3.63) is 76.7 Å². The van der Waals surface area contributed by atoms with Crippen molar-refractivity contribution in [2.45, 2.75) is 13.0 Å². The van der Waals surface area contributed by atoms with Crippen LogP contribution in [0.3, 0.4) is 0 Å². The first-order valence-electron chi connectivity index (χ1n) is 10.4. The van der Waals surface area contributed by atoms with Gasteiger partial charge in [0.05, 0.1) is 43.2 Å². The van der Waals surface area contributed by atoms with Gasteiger partial charge in [0.1, 0.15) is 34.8 Å². The third-order valence-electron chi connectivity index (χ3n) is 5.41. The number of benzene rings is 2. The molecular formula is C25H22ClNO7. The molecule has 0 bridgehead atoms. The summed E-state index contributed by atoms with van der Waals surface area (Å²) in [6, 6.07) is 11.9. The molecule has 9 heteroatoms. The minimum atomic E-state index is -1.02. The molecule has 1 aromatic heterocycles. The fourth-order valence-electron chi connectivity index (χ4n) is 3.87. The van der Waals surface area contributed by atoms with E-state index in [4.69, 9.17) is 30.2 Å². The molecule has 1 aliphatic rings. The highest BCUT2D eigenvalue weighted by molar-refractivity contribution is 6.51. The predicted molar refractivity (Wildman–Crippen MR) is 126 cm³/mol. The number of amides is 1. The van der Waals surface area contributed by atoms with E-state index in [2.05, 4.69) is 0 Å². The number of ketones is 1. The van der Waals surface area contributed by atoms with Crippen LogP contribution in [0.4, 0.5) is 5.69 Å². The van der Waals surface area contributed by atoms with Gasteiger partial charge in [0.15, 0.2) is 0 Å². The van der Waals surface area contributed by atoms with Gasteiger partial charge in [-0.1, -0.05) is 11.6 Å². The molecule has 1 amide bonds. The number of furan rings is 1. The van der Waals surface area contributed by atoms with E-state index in [1.54, 1.807) is 36.4 Å². The average Bonchev–Trinajstić information content (AvgIpc) is 3.46. The number of halogens is 1. The average molecular weight is 484 g/mol. The molecule has 8 nitrogen and oxygen atoms in total. The highest BCUT2D eigenvalue weighted by atomic mass is 35.5. The molecule has 1 unspecified atom stereocenters. The third kappa shape index (κ3) is 3.97. The number of ether oxygens (including phenoxy) is 3. The van der Waals surface area contributed by atoms with Crippen LogP contribution in [0.2, 0.25) is 5.02 Å². The molecular weight excluding hydrogens is 462 g/mol. The molecule has 0 saturated carbocycles. The van der Waals surface area contributed by atoms with Crippen LogP contribution in [-0.2, 0) is 9.59 Å². The summed E-state index contributed by atoms with van der Waals surface area (Å²) in [6.07, 6.45) is 1.43. The predicted octanol–water partition coefficient (Wildman–Crippen LogP) is 4.98. The van der Waals surface area contributed by atoms with Gasteiger partial charge in [0.2, 0.25) is 0 Å². The zero-order valence-electron chi connectivity index (χ0n) is 18.7. The van der Waals surface area contributed by atoms with Crippen LogP contribution in [-0.4, -0.2) is 37.6 Å². The Morgan fingerprint density at radius 1 is 1.09 bits per heavy atom. The lowest BCUT2D eigenvalue weighted by molar-refractivity contribution is -0.132. The first kappa shape index (κ1) is 23.3. The molecule has 176 valence electrons. The highest BCUT2D eigenvalue weighted by Gasteiger charge is 2.48. The molecule has 0 radical (unpaired) electrons. The first-order chi connectivity index (χ1) is 16.4. The van der Waals surface area contributed by atoms with Gasteiger partial charge < -0.3 is 23.7 Å². The maximum absolute atomic E-state index is 13.2. The molecule has 1 aliphatic heterocycles. The summed E-state index contributed by atoms with van der Waals surface area (Å²) >= 11 is 6.27. The van der Waals surface area contributed by atoms with Gasteiger partial charge in [0.25, 0.3) is 11.7 Å². The number of nitrogens with zero attached hydrogens (tertiary/aromatic N) is 1. The zero-order chi connectivity index (χ0) is 24.4. The fraction of sp³-hybridized carbons (Fsp3) is 0.200. The number of hydrogen-bond donors (Lipinski definition) is 1. The van der Waals surface area contributed by atoms with Gasteiger partial charge in [-0.05, 0) is 49.4 Å². The number of carbonyl (C=O) groups is 2. The third-order valence-corrected chi connectivity index (χ3v) is 5.71. The van der Waals surface area contributed by atoms with Crippen molar-refractivity contribution in [1.29, 1.82) is 0 Å². The molecule has 2 heterocycles. The maximum Gasteiger partial charge on any atom is 0.300 e. The summed E-state index contributed by atoms with van der Waals surface area (Å²) < 4.78 is 21.6. The Kier molecular flexibility index (Phi) is 6.51. The van der Waals surface area contributed by atoms with Crippen molar-refractivity contribution in [1.82, 2.24) is 0 Å². The number of Topliss-reactive ketones (excluding diaryl/α,β-unsaturated/α-hetero) is 1. The number of anilines is 1. The van der Waals surface area contributed by atoms with E-state index in [0.29, 0.717) is 29.6 Å². The van der Waals surface area contributed by atoms with Gasteiger partial charge in [-0.25, -0.2) is 0 Å². The molecule has 3 aromatic rings. The van der Waals surface area contributed by atoms with Crippen LogP contribution in [0, 0.1) is 0 Å². The largest absolute Gasteiger partial charge is 0.507 e. The SMILES string of the molecule is CCOc1ccc(N2C(=O)C(=O)/C(=C(\O)c3cc(Cl)c(OC)cc3OC)C2c2ccco2)cc1. The number of carbonyl (C=O) groups excluding carboxylic acids is 2. The monoisotopic (exact) mass is 483 g/mol. The van der Waals surface area contributed by atoms with Crippen molar-refractivity contribution in [2.75, 3.05) is 25.7 Å². The van der Waals surface area contributed by atoms with Crippen LogP contribution >= 0.6 is 11.6 Å². The van der Waals surface area contributed by atoms with Gasteiger partial charge in [-0.3, -0.25) is 14.5 Å². The summed E-state index contributed by atoms with van der Waals surface area (Å²) in [5.41, 5.74) is 0.411. The van der Waals surface area contributed by atoms with Crippen molar-refractivity contribution >= 4 is 34.7 Å². The van der Waals surface area contributed by atoms with Gasteiger partial charge in [0, 0.05) is 11.8 Å². The van der Waals surface area contributed by atoms with Crippen LogP contribution in [0.25, 0.3) is 5.76 Å². The Balaban J connectivity index is 1.90. The standard InChI is InChI=1S/C25H22ClNO7/c1-4-33-15-9-7-14(8-10-15)27-22(18-6-5-11-34-18)21(24(29)25(27)30)23(28)16-12-17(26)20(32-3)13-19(16)31-2/h5-13,22,28H,4H2,1-3H3/b23-21-. The van der Waals surface area contributed by atoms with Crippen LogP contribution in [0.1, 0.15) is 24.3 Å². The molecule has 2 aromatic carbocycles. The normalized spacial score (nSPS) is 17.2. The summed E-state index contributed by atoms with van der Waals surface area (Å²) in [5.74, 6) is -0.679. The molecule has 1 fully saturated rings. The lowest BCUT2D eigenvalue weighted by atomic mass is 9.98. The number of rotatable bonds is 7. The maximum atomic E-state index is 13.2. The molecule has 1 atom stereocenters. The highest BCUT2D eigenvalue weighted by Crippen LogP contribution is 2.45. The van der Waals surface area contributed by atoms with E-state index in [9.17, 15) is 14.7 Å². The quantitative estimate of drug-likeness (QED) is 0.287. The lowest BCUT2D eigenvalue weighted by Gasteiger charge is -2.23. The molecule has 34 heavy (non-hydrogen) atoms. The summed E-state index contributed by atoms with van der Waals surface area (Å²) in [6.45, 7) is 2.35. The molecule has 4 rings (SSSR count). The van der Waals surface area contributed by atoms with Crippen LogP contribution in [0.15, 0.2) is 64.8 Å². The second kappa shape index (κ2) is 9.52. The van der Waals surface area contributed by atoms with E-state index in [1.165, 1.54) is 37.5 Å². The number of aliphatic hydroxyl groups excluding tert-OH is 1. The minimum Gasteiger partial charge on any atom is -0.507 e. The summed E-state index contributed by atoms with van der Waals surface area (Å²) in [4.78, 5) is 27.7. The van der Waals surface area contributed by atoms with Crippen molar-refractivity contribution in [3.8, 4) is 17.2 Å². The second-order valence-corrected chi connectivity index (χ2v) is 7.71. The first-order valence-corrected chi connectivity index (χ1v) is 10.8. The van der Waals surface area contributed by atoms with Gasteiger partial charge in [-0.15, -0.1) is 0 Å². The lowest BCUT2D eigenvalue weighted by Crippen LogP contribution is -2.29. The summed E-state index contributed by atoms with van der Waals surface area (Å²) in [7, 11) is 2.85. The van der Waals surface area contributed by atoms with E-state index < -0.39 is 23.5 Å². The number of methoxy groups -OCH3 is 2. The molecule has 1 N–H and O–H groups in total. The van der Waals surface area contributed by atoms with E-state index in [0.717, 1.165) is 0 Å². The summed E-state index contributed by atoms with van der Waals surface area (Å²) in [5, 5.41) is 11.5.